The smallest absolute Gasteiger partial charge is 0.311 e. The molecule has 5 nitrogen and oxygen atoms in total. The molecule has 4 aliphatic carbocycles. The number of rotatable bonds is 3. The van der Waals surface area contributed by atoms with Crippen molar-refractivity contribution in [1.29, 1.82) is 0 Å². The van der Waals surface area contributed by atoms with Gasteiger partial charge in [0.1, 0.15) is 0 Å². The Labute approximate surface area is 157 Å². The van der Waals surface area contributed by atoms with E-state index in [4.69, 9.17) is 0 Å². The van der Waals surface area contributed by atoms with E-state index in [0.29, 0.717) is 0 Å². The lowest BCUT2D eigenvalue weighted by Gasteiger charge is -2.59. The second kappa shape index (κ2) is 6.81. The van der Waals surface area contributed by atoms with Gasteiger partial charge in [0, 0.05) is 19.1 Å². The molecule has 2 amide bonds. The summed E-state index contributed by atoms with van der Waals surface area (Å²) in [4.78, 5) is 29.3. The van der Waals surface area contributed by atoms with Crippen LogP contribution in [-0.4, -0.2) is 60.9 Å². The van der Waals surface area contributed by atoms with E-state index in [-0.39, 0.29) is 23.4 Å². The normalized spacial score (nSPS) is 38.2. The SMILES string of the molecule is CC(NC(=O)C(=O)N(C)C1CCN(C)CC1)C12CC3CC(CC(C3)C1)C2. The number of carbonyl (C=O) groups is 2. The largest absolute Gasteiger partial charge is 0.345 e. The molecule has 1 heterocycles. The Morgan fingerprint density at radius 1 is 1.04 bits per heavy atom. The zero-order valence-corrected chi connectivity index (χ0v) is 16.7. The van der Waals surface area contributed by atoms with Crippen LogP contribution in [0.25, 0.3) is 0 Å². The van der Waals surface area contributed by atoms with Gasteiger partial charge in [-0.3, -0.25) is 9.59 Å². The van der Waals surface area contributed by atoms with Crippen LogP contribution in [-0.2, 0) is 9.59 Å². The van der Waals surface area contributed by atoms with Crippen molar-refractivity contribution in [1.82, 2.24) is 15.1 Å². The summed E-state index contributed by atoms with van der Waals surface area (Å²) in [5, 5.41) is 3.12. The van der Waals surface area contributed by atoms with Crippen LogP contribution in [0, 0.1) is 23.2 Å². The highest BCUT2D eigenvalue weighted by molar-refractivity contribution is 6.35. The van der Waals surface area contributed by atoms with Crippen molar-refractivity contribution in [2.24, 2.45) is 23.2 Å². The molecular weight excluding hydrogens is 326 g/mol. The van der Waals surface area contributed by atoms with Crippen molar-refractivity contribution < 1.29 is 9.59 Å². The minimum atomic E-state index is -0.394. The van der Waals surface area contributed by atoms with E-state index in [1.807, 2.05) is 0 Å². The fourth-order valence-corrected chi connectivity index (χ4v) is 6.83. The quantitative estimate of drug-likeness (QED) is 0.785. The number of nitrogens with zero attached hydrogens (tertiary/aromatic N) is 2. The van der Waals surface area contributed by atoms with Gasteiger partial charge in [0.2, 0.25) is 0 Å². The lowest BCUT2D eigenvalue weighted by molar-refractivity contribution is -0.148. The van der Waals surface area contributed by atoms with Gasteiger partial charge in [-0.1, -0.05) is 0 Å². The molecule has 0 aromatic heterocycles. The molecule has 1 saturated heterocycles. The van der Waals surface area contributed by atoms with Crippen LogP contribution in [0.2, 0.25) is 0 Å². The third kappa shape index (κ3) is 3.28. The van der Waals surface area contributed by atoms with Gasteiger partial charge in [-0.05, 0) is 102 Å². The lowest BCUT2D eigenvalue weighted by Crippen LogP contribution is -2.58. The highest BCUT2D eigenvalue weighted by Crippen LogP contribution is 2.61. The Bertz CT molecular complexity index is 532. The molecule has 5 aliphatic rings. The third-order valence-corrected chi connectivity index (χ3v) is 8.10. The molecule has 5 rings (SSSR count). The van der Waals surface area contributed by atoms with Crippen LogP contribution in [0.3, 0.4) is 0 Å². The number of likely N-dealkylation sites (tertiary alicyclic amines) is 1. The van der Waals surface area contributed by atoms with Gasteiger partial charge in [-0.15, -0.1) is 0 Å². The minimum Gasteiger partial charge on any atom is -0.345 e. The Hall–Kier alpha value is -1.10. The van der Waals surface area contributed by atoms with Crippen molar-refractivity contribution in [2.45, 2.75) is 70.4 Å². The first-order valence-electron chi connectivity index (χ1n) is 10.6. The number of nitrogens with one attached hydrogen (secondary N) is 1. The van der Waals surface area contributed by atoms with Gasteiger partial charge < -0.3 is 15.1 Å². The molecule has 1 unspecified atom stereocenters. The van der Waals surface area contributed by atoms with Gasteiger partial charge in [0.05, 0.1) is 0 Å². The summed E-state index contributed by atoms with van der Waals surface area (Å²) >= 11 is 0. The molecule has 4 saturated carbocycles. The van der Waals surface area contributed by atoms with Gasteiger partial charge in [-0.2, -0.15) is 0 Å². The average molecular weight is 362 g/mol. The number of hydrogen-bond acceptors (Lipinski definition) is 3. The highest BCUT2D eigenvalue weighted by atomic mass is 16.2. The Morgan fingerprint density at radius 3 is 2.04 bits per heavy atom. The average Bonchev–Trinajstić information content (AvgIpc) is 2.60. The van der Waals surface area contributed by atoms with Crippen LogP contribution < -0.4 is 5.32 Å². The lowest BCUT2D eigenvalue weighted by atomic mass is 9.48. The standard InChI is InChI=1S/C21H35N3O2/c1-14(21-11-15-8-16(12-21)10-17(9-15)13-21)22-19(25)20(26)24(3)18-4-6-23(2)7-5-18/h14-18H,4-13H2,1-3H3,(H,22,25). The summed E-state index contributed by atoms with van der Waals surface area (Å²) in [7, 11) is 3.91. The molecule has 1 atom stereocenters. The number of piperidine rings is 1. The van der Waals surface area contributed by atoms with Crippen molar-refractivity contribution in [3.8, 4) is 0 Å². The van der Waals surface area contributed by atoms with Crippen molar-refractivity contribution in [2.75, 3.05) is 27.2 Å². The van der Waals surface area contributed by atoms with Gasteiger partial charge in [-0.25, -0.2) is 0 Å². The van der Waals surface area contributed by atoms with Crippen LogP contribution in [0.5, 0.6) is 0 Å². The number of likely N-dealkylation sites (N-methyl/N-ethyl adjacent to an activating group) is 1. The Balaban J connectivity index is 1.36. The minimum absolute atomic E-state index is 0.109. The van der Waals surface area contributed by atoms with Gasteiger partial charge >= 0.3 is 11.8 Å². The fraction of sp³-hybridized carbons (Fsp3) is 0.905. The zero-order valence-electron chi connectivity index (χ0n) is 16.7. The summed E-state index contributed by atoms with van der Waals surface area (Å²) in [6.07, 6.45) is 9.86. The van der Waals surface area contributed by atoms with Gasteiger partial charge in [0.15, 0.2) is 0 Å². The van der Waals surface area contributed by atoms with E-state index in [1.54, 1.807) is 11.9 Å². The molecule has 4 bridgehead atoms. The van der Waals surface area contributed by atoms with E-state index in [9.17, 15) is 9.59 Å². The van der Waals surface area contributed by atoms with E-state index < -0.39 is 5.91 Å². The predicted molar refractivity (Wildman–Crippen MR) is 101 cm³/mol. The molecule has 26 heavy (non-hydrogen) atoms. The topological polar surface area (TPSA) is 52.7 Å². The van der Waals surface area contributed by atoms with E-state index in [1.165, 1.54) is 38.5 Å². The van der Waals surface area contributed by atoms with Crippen molar-refractivity contribution >= 4 is 11.8 Å². The molecule has 0 radical (unpaired) electrons. The van der Waals surface area contributed by atoms with Crippen molar-refractivity contribution in [3.63, 3.8) is 0 Å². The van der Waals surface area contributed by atoms with Gasteiger partial charge in [0.25, 0.3) is 0 Å². The summed E-state index contributed by atoms with van der Waals surface area (Å²) in [5.74, 6) is 1.83. The molecule has 146 valence electrons. The van der Waals surface area contributed by atoms with Crippen molar-refractivity contribution in [3.05, 3.63) is 0 Å². The number of carbonyl (C=O) groups excluding carboxylic acids is 2. The summed E-state index contributed by atoms with van der Waals surface area (Å²) < 4.78 is 0. The second-order valence-electron chi connectivity index (χ2n) is 9.93. The van der Waals surface area contributed by atoms with Crippen LogP contribution in [0.15, 0.2) is 0 Å². The molecule has 0 aromatic carbocycles. The number of amides is 2. The monoisotopic (exact) mass is 361 g/mol. The molecule has 5 heteroatoms. The second-order valence-corrected chi connectivity index (χ2v) is 9.93. The Morgan fingerprint density at radius 2 is 1.54 bits per heavy atom. The molecule has 1 aliphatic heterocycles. The number of hydrogen-bond donors (Lipinski definition) is 1. The molecule has 0 aromatic rings. The molecule has 5 fully saturated rings. The Kier molecular flexibility index (Phi) is 4.79. The first kappa shape index (κ1) is 18.3. The van der Waals surface area contributed by atoms with Crippen LogP contribution >= 0.6 is 0 Å². The summed E-state index contributed by atoms with van der Waals surface area (Å²) in [5.41, 5.74) is 0.247. The summed E-state index contributed by atoms with van der Waals surface area (Å²) in [6, 6.07) is 0.303. The molecule has 0 spiro atoms. The maximum atomic E-state index is 12.7. The van der Waals surface area contributed by atoms with Crippen LogP contribution in [0.1, 0.15) is 58.3 Å². The predicted octanol–water partition coefficient (Wildman–Crippen LogP) is 2.26. The van der Waals surface area contributed by atoms with E-state index >= 15 is 0 Å². The van der Waals surface area contributed by atoms with Crippen LogP contribution in [0.4, 0.5) is 0 Å². The first-order valence-corrected chi connectivity index (χ1v) is 10.6. The molecular formula is C21H35N3O2. The van der Waals surface area contributed by atoms with E-state index in [0.717, 1.165) is 43.7 Å². The maximum absolute atomic E-state index is 12.7. The zero-order chi connectivity index (χ0) is 18.5. The maximum Gasteiger partial charge on any atom is 0.311 e. The first-order chi connectivity index (χ1) is 12.4. The fourth-order valence-electron chi connectivity index (χ4n) is 6.83. The summed E-state index contributed by atoms with van der Waals surface area (Å²) in [6.45, 7) is 4.13. The third-order valence-electron chi connectivity index (χ3n) is 8.10. The highest BCUT2D eigenvalue weighted by Gasteiger charge is 2.53. The molecule has 1 N–H and O–H groups in total. The van der Waals surface area contributed by atoms with E-state index in [2.05, 4.69) is 24.2 Å².